The van der Waals surface area contributed by atoms with E-state index in [0.29, 0.717) is 42.1 Å². The minimum Gasteiger partial charge on any atom is -0.473 e. The Balaban J connectivity index is 1.34. The highest BCUT2D eigenvalue weighted by Crippen LogP contribution is 2.44. The molecular weight excluding hydrogens is 529 g/mol. The monoisotopic (exact) mass is 560 g/mol. The summed E-state index contributed by atoms with van der Waals surface area (Å²) in [4.78, 5) is 14.8. The van der Waals surface area contributed by atoms with E-state index in [1.54, 1.807) is 24.3 Å². The molecule has 0 saturated heterocycles. The average Bonchev–Trinajstić information content (AvgIpc) is 3.74. The minimum absolute atomic E-state index is 0.0242. The largest absolute Gasteiger partial charge is 0.473 e. The topological polar surface area (TPSA) is 85.3 Å². The van der Waals surface area contributed by atoms with Crippen molar-refractivity contribution in [2.24, 2.45) is 0 Å². The van der Waals surface area contributed by atoms with Gasteiger partial charge in [0, 0.05) is 24.2 Å². The fraction of sp³-hybridized carbons (Fsp3) is 0.464. The lowest BCUT2D eigenvalue weighted by Crippen LogP contribution is -2.46. The normalized spacial score (nSPS) is 22.2. The van der Waals surface area contributed by atoms with Gasteiger partial charge in [-0.2, -0.15) is 13.2 Å². The molecule has 2 heterocycles. The number of rotatable bonds is 8. The van der Waals surface area contributed by atoms with Gasteiger partial charge in [0.25, 0.3) is 0 Å². The number of nitrogens with zero attached hydrogens (tertiary/aromatic N) is 4. The molecule has 5 rings (SSSR count). The van der Waals surface area contributed by atoms with E-state index in [4.69, 9.17) is 4.74 Å². The molecule has 0 aliphatic heterocycles. The van der Waals surface area contributed by atoms with Crippen LogP contribution in [0.15, 0.2) is 59.9 Å². The van der Waals surface area contributed by atoms with Crippen LogP contribution < -0.4 is 4.74 Å². The molecule has 2 saturated carbocycles. The first-order chi connectivity index (χ1) is 18.5. The van der Waals surface area contributed by atoms with Crippen molar-refractivity contribution in [2.45, 2.75) is 72.9 Å². The molecule has 1 aromatic carbocycles. The summed E-state index contributed by atoms with van der Waals surface area (Å²) in [6.07, 6.45) is 1.92. The lowest BCUT2D eigenvalue weighted by atomic mass is 9.79. The van der Waals surface area contributed by atoms with E-state index in [1.807, 2.05) is 19.0 Å². The fourth-order valence-electron chi connectivity index (χ4n) is 5.32. The second kappa shape index (κ2) is 10.8. The molecule has 7 nitrogen and oxygen atoms in total. The molecule has 0 radical (unpaired) electrons. The third kappa shape index (κ3) is 6.41. The molecule has 11 heteroatoms. The summed E-state index contributed by atoms with van der Waals surface area (Å²) in [5.74, 6) is 0.181. The first kappa shape index (κ1) is 27.5. The summed E-state index contributed by atoms with van der Waals surface area (Å²) in [7, 11) is 0.192. The highest BCUT2D eigenvalue weighted by molar-refractivity contribution is 7.90. The van der Waals surface area contributed by atoms with E-state index in [9.17, 15) is 21.6 Å². The van der Waals surface area contributed by atoms with Gasteiger partial charge in [0.1, 0.15) is 12.4 Å². The zero-order valence-electron chi connectivity index (χ0n) is 21.8. The second-order valence-electron chi connectivity index (χ2n) is 10.6. The predicted octanol–water partition coefficient (Wildman–Crippen LogP) is 5.39. The summed E-state index contributed by atoms with van der Waals surface area (Å²) in [5, 5.41) is 0. The van der Waals surface area contributed by atoms with E-state index >= 15 is 0 Å². The minimum atomic E-state index is -4.38. The Bertz CT molecular complexity index is 1410. The number of ether oxygens (including phenoxy) is 1. The van der Waals surface area contributed by atoms with Gasteiger partial charge >= 0.3 is 6.18 Å². The molecular formula is C28H31F3N4O3S. The summed E-state index contributed by atoms with van der Waals surface area (Å²) in [6.45, 7) is 0. The Hall–Kier alpha value is -3.05. The van der Waals surface area contributed by atoms with Crippen molar-refractivity contribution >= 4 is 9.84 Å². The van der Waals surface area contributed by atoms with Gasteiger partial charge in [-0.3, -0.25) is 0 Å². The van der Waals surface area contributed by atoms with Crippen molar-refractivity contribution in [3.63, 3.8) is 0 Å². The quantitative estimate of drug-likeness (QED) is 0.365. The summed E-state index contributed by atoms with van der Waals surface area (Å²) >= 11 is 0. The molecule has 3 atom stereocenters. The number of hydrogen-bond donors (Lipinski definition) is 0. The van der Waals surface area contributed by atoms with Crippen molar-refractivity contribution in [3.8, 4) is 5.88 Å². The Morgan fingerprint density at radius 2 is 1.79 bits per heavy atom. The fourth-order valence-corrected chi connectivity index (χ4v) is 6.85. The third-order valence-electron chi connectivity index (χ3n) is 7.52. The average molecular weight is 561 g/mol. The van der Waals surface area contributed by atoms with Crippen LogP contribution in [-0.2, 0) is 21.8 Å². The molecule has 2 aromatic heterocycles. The molecule has 39 heavy (non-hydrogen) atoms. The maximum Gasteiger partial charge on any atom is 0.416 e. The molecule has 2 aliphatic carbocycles. The third-order valence-corrected chi connectivity index (χ3v) is 9.21. The maximum atomic E-state index is 13.3. The second-order valence-corrected chi connectivity index (χ2v) is 12.5. The van der Waals surface area contributed by atoms with Gasteiger partial charge in [-0.05, 0) is 75.9 Å². The zero-order valence-corrected chi connectivity index (χ0v) is 22.6. The van der Waals surface area contributed by atoms with Gasteiger partial charge in [0.05, 0.1) is 27.6 Å². The number of benzene rings is 1. The van der Waals surface area contributed by atoms with Gasteiger partial charge in [0.15, 0.2) is 9.84 Å². The predicted molar refractivity (Wildman–Crippen MR) is 139 cm³/mol. The molecule has 0 amide bonds. The first-order valence-electron chi connectivity index (χ1n) is 13.0. The summed E-state index contributed by atoms with van der Waals surface area (Å²) < 4.78 is 72.6. The highest BCUT2D eigenvalue weighted by atomic mass is 32.2. The molecule has 2 fully saturated rings. The maximum absolute atomic E-state index is 13.3. The van der Waals surface area contributed by atoms with Crippen LogP contribution in [0.4, 0.5) is 13.2 Å². The lowest BCUT2D eigenvalue weighted by Gasteiger charge is -2.39. The zero-order chi connectivity index (χ0) is 27.8. The SMILES string of the molecule is CN(C)[C@H]1C[C@@H](c2cccc(C(F)(F)F)c2)CC[C@@H]1Oc1ccc(S(=O)(=O)Cc2ccncn2)c(C2CC2)n1. The van der Waals surface area contributed by atoms with Crippen molar-refractivity contribution < 1.29 is 26.3 Å². The number of sulfone groups is 1. The Labute approximate surface area is 226 Å². The number of aromatic nitrogens is 3. The van der Waals surface area contributed by atoms with Gasteiger partial charge in [-0.15, -0.1) is 0 Å². The standard InChI is InChI=1S/C28H31F3N4O3S/c1-35(2)23-15-20(19-4-3-5-21(14-19)28(29,30)31)8-9-24(23)38-26-11-10-25(27(34-26)18-6-7-18)39(36,37)16-22-12-13-32-17-33-22/h3-5,10-14,17-18,20,23-24H,6-9,15-16H2,1-2H3/t20-,23-,24-/m0/s1. The summed E-state index contributed by atoms with van der Waals surface area (Å²) in [5.41, 5.74) is 0.993. The lowest BCUT2D eigenvalue weighted by molar-refractivity contribution is -0.137. The molecule has 3 aromatic rings. The van der Waals surface area contributed by atoms with Crippen LogP contribution >= 0.6 is 0 Å². The van der Waals surface area contributed by atoms with Gasteiger partial charge in [-0.1, -0.05) is 18.2 Å². The first-order valence-corrected chi connectivity index (χ1v) is 14.7. The Morgan fingerprint density at radius 1 is 1.03 bits per heavy atom. The van der Waals surface area contributed by atoms with Crippen molar-refractivity contribution in [1.29, 1.82) is 0 Å². The molecule has 0 unspecified atom stereocenters. The molecule has 0 bridgehead atoms. The number of alkyl halides is 3. The number of halogens is 3. The number of hydrogen-bond acceptors (Lipinski definition) is 7. The van der Waals surface area contributed by atoms with E-state index in [1.165, 1.54) is 24.7 Å². The van der Waals surface area contributed by atoms with Crippen molar-refractivity contribution in [3.05, 3.63) is 77.5 Å². The molecule has 208 valence electrons. The van der Waals surface area contributed by atoms with Gasteiger partial charge in [-0.25, -0.2) is 23.4 Å². The van der Waals surface area contributed by atoms with Crippen LogP contribution in [0.1, 0.15) is 66.5 Å². The van der Waals surface area contributed by atoms with Crippen LogP contribution in [0.3, 0.4) is 0 Å². The van der Waals surface area contributed by atoms with Crippen LogP contribution in [0.25, 0.3) is 0 Å². The Morgan fingerprint density at radius 3 is 2.46 bits per heavy atom. The van der Waals surface area contributed by atoms with E-state index in [-0.39, 0.29) is 34.6 Å². The van der Waals surface area contributed by atoms with Gasteiger partial charge < -0.3 is 9.64 Å². The Kier molecular flexibility index (Phi) is 7.65. The van der Waals surface area contributed by atoms with E-state index < -0.39 is 21.6 Å². The van der Waals surface area contributed by atoms with Crippen LogP contribution in [0.2, 0.25) is 0 Å². The molecule has 2 aliphatic rings. The number of likely N-dealkylation sites (N-methyl/N-ethyl adjacent to an activating group) is 1. The van der Waals surface area contributed by atoms with E-state index in [0.717, 1.165) is 18.9 Å². The van der Waals surface area contributed by atoms with Crippen LogP contribution in [-0.4, -0.2) is 54.5 Å². The molecule has 0 N–H and O–H groups in total. The van der Waals surface area contributed by atoms with Crippen LogP contribution in [0, 0.1) is 0 Å². The van der Waals surface area contributed by atoms with Crippen molar-refractivity contribution in [2.75, 3.05) is 14.1 Å². The van der Waals surface area contributed by atoms with Crippen molar-refractivity contribution in [1.82, 2.24) is 19.9 Å². The number of pyridine rings is 1. The van der Waals surface area contributed by atoms with E-state index in [2.05, 4.69) is 15.0 Å². The van der Waals surface area contributed by atoms with Crippen LogP contribution in [0.5, 0.6) is 5.88 Å². The highest BCUT2D eigenvalue weighted by Gasteiger charge is 2.37. The van der Waals surface area contributed by atoms with Gasteiger partial charge in [0.2, 0.25) is 5.88 Å². The summed E-state index contributed by atoms with van der Waals surface area (Å²) in [6, 6.07) is 10.3. The smallest absolute Gasteiger partial charge is 0.416 e. The molecule has 0 spiro atoms.